The molecular formula is C14H16N2O6. The van der Waals surface area contributed by atoms with Crippen LogP contribution < -0.4 is 20.5 Å². The number of nitrogens with one attached hydrogen (secondary N) is 1. The summed E-state index contributed by atoms with van der Waals surface area (Å²) in [6, 6.07) is 5.65. The number of carbonyl (C=O) groups excluding carboxylic acids is 2. The van der Waals surface area contributed by atoms with Crippen LogP contribution in [0.5, 0.6) is 11.5 Å². The summed E-state index contributed by atoms with van der Waals surface area (Å²) < 4.78 is 10.9. The van der Waals surface area contributed by atoms with Gasteiger partial charge in [0.25, 0.3) is 5.91 Å². The van der Waals surface area contributed by atoms with Gasteiger partial charge in [0.15, 0.2) is 11.5 Å². The van der Waals surface area contributed by atoms with Crippen molar-refractivity contribution in [3.63, 3.8) is 0 Å². The lowest BCUT2D eigenvalue weighted by atomic mass is 10.1. The van der Waals surface area contributed by atoms with E-state index in [2.05, 4.69) is 5.32 Å². The summed E-state index contributed by atoms with van der Waals surface area (Å²) in [5, 5.41) is 11.4. The zero-order valence-electron chi connectivity index (χ0n) is 11.7. The zero-order chi connectivity index (χ0) is 16.1. The lowest BCUT2D eigenvalue weighted by Gasteiger charge is -2.26. The molecule has 8 nitrogen and oxygen atoms in total. The molecule has 1 aromatic carbocycles. The van der Waals surface area contributed by atoms with Crippen molar-refractivity contribution in [2.24, 2.45) is 5.73 Å². The number of primary amides is 1. The number of carbonyl (C=O) groups is 3. The molecule has 0 fully saturated rings. The van der Waals surface area contributed by atoms with Crippen LogP contribution in [0.3, 0.4) is 0 Å². The number of rotatable bonds is 6. The second-order valence-electron chi connectivity index (χ2n) is 4.77. The summed E-state index contributed by atoms with van der Waals surface area (Å²) in [6.07, 6.45) is -1.17. The molecule has 1 aliphatic rings. The molecule has 0 saturated heterocycles. The standard InChI is InChI=1S/C14H16N2O6/c15-12(17)6-5-8(14(19)20)16-13(18)11-7-21-9-3-1-2-4-10(9)22-11/h1-4,8,11H,5-7H2,(H2,15,17)(H,16,18)(H,19,20). The van der Waals surface area contributed by atoms with Crippen LogP contribution in [-0.4, -0.2) is 41.6 Å². The predicted molar refractivity (Wildman–Crippen MR) is 74.3 cm³/mol. The van der Waals surface area contributed by atoms with E-state index in [0.29, 0.717) is 11.5 Å². The van der Waals surface area contributed by atoms with E-state index >= 15 is 0 Å². The minimum absolute atomic E-state index is 0.0228. The van der Waals surface area contributed by atoms with Gasteiger partial charge < -0.3 is 25.6 Å². The average Bonchev–Trinajstić information content (AvgIpc) is 2.50. The Balaban J connectivity index is 1.96. The largest absolute Gasteiger partial charge is 0.485 e. The van der Waals surface area contributed by atoms with Crippen LogP contribution >= 0.6 is 0 Å². The number of fused-ring (bicyclic) bond motifs is 1. The number of para-hydroxylation sites is 2. The number of ether oxygens (including phenoxy) is 2. The zero-order valence-corrected chi connectivity index (χ0v) is 11.7. The highest BCUT2D eigenvalue weighted by molar-refractivity contribution is 5.87. The van der Waals surface area contributed by atoms with Gasteiger partial charge in [-0.3, -0.25) is 9.59 Å². The van der Waals surface area contributed by atoms with Crippen LogP contribution in [-0.2, 0) is 14.4 Å². The highest BCUT2D eigenvalue weighted by Crippen LogP contribution is 2.30. The SMILES string of the molecule is NC(=O)CCC(NC(=O)C1COc2ccccc2O1)C(=O)O. The summed E-state index contributed by atoms with van der Waals surface area (Å²) in [5.41, 5.74) is 4.98. The number of amides is 2. The first-order valence-electron chi connectivity index (χ1n) is 6.67. The van der Waals surface area contributed by atoms with E-state index in [0.717, 1.165) is 0 Å². The molecule has 1 heterocycles. The Kier molecular flexibility index (Phi) is 4.82. The monoisotopic (exact) mass is 308 g/mol. The second-order valence-corrected chi connectivity index (χ2v) is 4.77. The van der Waals surface area contributed by atoms with Gasteiger partial charge in [-0.25, -0.2) is 4.79 Å². The Labute approximate surface area is 126 Å². The van der Waals surface area contributed by atoms with Crippen molar-refractivity contribution in [1.82, 2.24) is 5.32 Å². The first kappa shape index (κ1) is 15.6. The second kappa shape index (κ2) is 6.79. The number of carboxylic acid groups (broad SMARTS) is 1. The first-order valence-corrected chi connectivity index (χ1v) is 6.67. The van der Waals surface area contributed by atoms with Gasteiger partial charge in [0, 0.05) is 6.42 Å². The summed E-state index contributed by atoms with van der Waals surface area (Å²) in [4.78, 5) is 33.9. The van der Waals surface area contributed by atoms with Gasteiger partial charge >= 0.3 is 5.97 Å². The van der Waals surface area contributed by atoms with E-state index in [9.17, 15) is 14.4 Å². The molecule has 1 aliphatic heterocycles. The number of hydrogen-bond acceptors (Lipinski definition) is 5. The van der Waals surface area contributed by atoms with Crippen LogP contribution in [0.15, 0.2) is 24.3 Å². The Morgan fingerprint density at radius 2 is 2.00 bits per heavy atom. The molecule has 2 atom stereocenters. The Hall–Kier alpha value is -2.77. The minimum atomic E-state index is -1.24. The molecule has 2 rings (SSSR count). The van der Waals surface area contributed by atoms with Gasteiger partial charge in [-0.15, -0.1) is 0 Å². The van der Waals surface area contributed by atoms with E-state index in [4.69, 9.17) is 20.3 Å². The average molecular weight is 308 g/mol. The summed E-state index contributed by atoms with van der Waals surface area (Å²) in [7, 11) is 0. The minimum Gasteiger partial charge on any atom is -0.485 e. The molecule has 8 heteroatoms. The third-order valence-corrected chi connectivity index (χ3v) is 3.10. The number of aliphatic carboxylic acids is 1. The molecule has 0 aliphatic carbocycles. The van der Waals surface area contributed by atoms with E-state index in [1.54, 1.807) is 24.3 Å². The molecule has 0 radical (unpaired) electrons. The molecule has 0 aromatic heterocycles. The fraction of sp³-hybridized carbons (Fsp3) is 0.357. The summed E-state index contributed by atoms with van der Waals surface area (Å²) >= 11 is 0. The summed E-state index contributed by atoms with van der Waals surface area (Å²) in [5.74, 6) is -1.56. The molecule has 2 amide bonds. The Morgan fingerprint density at radius 1 is 1.32 bits per heavy atom. The van der Waals surface area contributed by atoms with Crippen LogP contribution in [0.4, 0.5) is 0 Å². The molecule has 4 N–H and O–H groups in total. The fourth-order valence-corrected chi connectivity index (χ4v) is 1.96. The molecule has 1 aromatic rings. The van der Waals surface area contributed by atoms with Gasteiger partial charge in [0.1, 0.15) is 12.6 Å². The maximum Gasteiger partial charge on any atom is 0.326 e. The Bertz CT molecular complexity index is 588. The van der Waals surface area contributed by atoms with Gasteiger partial charge in [0.05, 0.1) is 0 Å². The predicted octanol–water partition coefficient (Wildman–Crippen LogP) is -0.339. The van der Waals surface area contributed by atoms with Crippen molar-refractivity contribution >= 4 is 17.8 Å². The van der Waals surface area contributed by atoms with Crippen LogP contribution in [0.2, 0.25) is 0 Å². The van der Waals surface area contributed by atoms with E-state index < -0.39 is 29.9 Å². The topological polar surface area (TPSA) is 128 Å². The smallest absolute Gasteiger partial charge is 0.326 e. The van der Waals surface area contributed by atoms with E-state index in [-0.39, 0.29) is 19.4 Å². The lowest BCUT2D eigenvalue weighted by Crippen LogP contribution is -2.50. The van der Waals surface area contributed by atoms with Gasteiger partial charge in [-0.1, -0.05) is 12.1 Å². The molecular weight excluding hydrogens is 292 g/mol. The highest BCUT2D eigenvalue weighted by Gasteiger charge is 2.30. The van der Waals surface area contributed by atoms with E-state index in [1.807, 2.05) is 0 Å². The van der Waals surface area contributed by atoms with Gasteiger partial charge in [-0.2, -0.15) is 0 Å². The van der Waals surface area contributed by atoms with E-state index in [1.165, 1.54) is 0 Å². The maximum absolute atomic E-state index is 12.1. The highest BCUT2D eigenvalue weighted by atomic mass is 16.6. The fourth-order valence-electron chi connectivity index (χ4n) is 1.96. The molecule has 118 valence electrons. The number of hydrogen-bond donors (Lipinski definition) is 3. The third-order valence-electron chi connectivity index (χ3n) is 3.10. The normalized spacial score (nSPS) is 17.4. The van der Waals surface area contributed by atoms with Gasteiger partial charge in [0.2, 0.25) is 12.0 Å². The molecule has 0 spiro atoms. The van der Waals surface area contributed by atoms with Crippen molar-refractivity contribution in [2.45, 2.75) is 25.0 Å². The van der Waals surface area contributed by atoms with Gasteiger partial charge in [-0.05, 0) is 18.6 Å². The van der Waals surface area contributed by atoms with Crippen molar-refractivity contribution in [1.29, 1.82) is 0 Å². The van der Waals surface area contributed by atoms with Crippen LogP contribution in [0.25, 0.3) is 0 Å². The third kappa shape index (κ3) is 3.87. The summed E-state index contributed by atoms with van der Waals surface area (Å²) in [6.45, 7) is -0.0228. The number of carboxylic acids is 1. The Morgan fingerprint density at radius 3 is 2.64 bits per heavy atom. The molecule has 0 bridgehead atoms. The van der Waals surface area contributed by atoms with Crippen LogP contribution in [0.1, 0.15) is 12.8 Å². The van der Waals surface area contributed by atoms with Crippen molar-refractivity contribution in [3.05, 3.63) is 24.3 Å². The molecule has 22 heavy (non-hydrogen) atoms. The maximum atomic E-state index is 12.1. The van der Waals surface area contributed by atoms with Crippen LogP contribution in [0, 0.1) is 0 Å². The quantitative estimate of drug-likeness (QED) is 0.659. The first-order chi connectivity index (χ1) is 10.5. The van der Waals surface area contributed by atoms with Crippen molar-refractivity contribution in [3.8, 4) is 11.5 Å². The number of benzene rings is 1. The molecule has 0 saturated carbocycles. The van der Waals surface area contributed by atoms with Crippen molar-refractivity contribution in [2.75, 3.05) is 6.61 Å². The number of nitrogens with two attached hydrogens (primary N) is 1. The van der Waals surface area contributed by atoms with Crippen molar-refractivity contribution < 1.29 is 29.0 Å². The lowest BCUT2D eigenvalue weighted by molar-refractivity contribution is -0.144. The molecule has 2 unspecified atom stereocenters.